The molecule has 0 atom stereocenters. The van der Waals surface area contributed by atoms with Crippen LogP contribution < -0.4 is 10.1 Å². The molecule has 0 fully saturated rings. The summed E-state index contributed by atoms with van der Waals surface area (Å²) in [5, 5.41) is 3.16. The van der Waals surface area contributed by atoms with Gasteiger partial charge in [-0.1, -0.05) is 32.6 Å². The minimum atomic E-state index is 0.127. The number of unbranched alkanes of at least 4 members (excludes halogenated alkanes) is 4. The van der Waals surface area contributed by atoms with E-state index in [1.54, 1.807) is 0 Å². The van der Waals surface area contributed by atoms with Crippen LogP contribution in [0.25, 0.3) is 0 Å². The number of amides is 1. The first-order valence-corrected chi connectivity index (χ1v) is 8.95. The Morgan fingerprint density at radius 3 is 2.26 bits per heavy atom. The summed E-state index contributed by atoms with van der Waals surface area (Å²) in [6.07, 6.45) is 6.22. The molecule has 1 aromatic rings. The minimum Gasteiger partial charge on any atom is -0.494 e. The quantitative estimate of drug-likeness (QED) is 0.583. The third kappa shape index (κ3) is 7.91. The highest BCUT2D eigenvalue weighted by Crippen LogP contribution is 2.16. The highest BCUT2D eigenvalue weighted by molar-refractivity contribution is 5.80. The summed E-state index contributed by atoms with van der Waals surface area (Å²) >= 11 is 0. The van der Waals surface area contributed by atoms with Crippen molar-refractivity contribution in [2.24, 2.45) is 0 Å². The van der Waals surface area contributed by atoms with E-state index in [-0.39, 0.29) is 5.91 Å². The van der Waals surface area contributed by atoms with E-state index in [9.17, 15) is 4.79 Å². The normalized spacial score (nSPS) is 10.4. The van der Waals surface area contributed by atoms with E-state index in [2.05, 4.69) is 12.2 Å². The smallest absolute Gasteiger partial charge is 0.241 e. The van der Waals surface area contributed by atoms with Gasteiger partial charge in [0.05, 0.1) is 13.2 Å². The van der Waals surface area contributed by atoms with Gasteiger partial charge < -0.3 is 15.0 Å². The zero-order chi connectivity index (χ0) is 16.9. The van der Waals surface area contributed by atoms with Crippen molar-refractivity contribution in [3.8, 4) is 5.75 Å². The van der Waals surface area contributed by atoms with Crippen LogP contribution in [0.2, 0.25) is 0 Å². The number of likely N-dealkylation sites (N-methyl/N-ethyl adjacent to an activating group) is 1. The zero-order valence-electron chi connectivity index (χ0n) is 14.9. The van der Waals surface area contributed by atoms with Gasteiger partial charge in [0, 0.05) is 18.8 Å². The van der Waals surface area contributed by atoms with E-state index in [1.165, 1.54) is 25.7 Å². The molecule has 0 aliphatic carbocycles. The third-order valence-corrected chi connectivity index (χ3v) is 3.93. The van der Waals surface area contributed by atoms with Crippen molar-refractivity contribution >= 4 is 11.6 Å². The summed E-state index contributed by atoms with van der Waals surface area (Å²) in [6, 6.07) is 7.83. The molecule has 0 radical (unpaired) electrons. The molecule has 0 aliphatic heterocycles. The number of anilines is 1. The molecule has 0 saturated carbocycles. The Morgan fingerprint density at radius 2 is 1.65 bits per heavy atom. The fraction of sp³-hybridized carbons (Fsp3) is 0.632. The molecule has 130 valence electrons. The molecule has 23 heavy (non-hydrogen) atoms. The van der Waals surface area contributed by atoms with Crippen molar-refractivity contribution in [1.82, 2.24) is 4.90 Å². The van der Waals surface area contributed by atoms with Crippen LogP contribution in [-0.4, -0.2) is 37.0 Å². The van der Waals surface area contributed by atoms with E-state index >= 15 is 0 Å². The fourth-order valence-electron chi connectivity index (χ4n) is 2.43. The van der Waals surface area contributed by atoms with Gasteiger partial charge in [0.1, 0.15) is 5.75 Å². The van der Waals surface area contributed by atoms with Crippen molar-refractivity contribution in [3.05, 3.63) is 24.3 Å². The van der Waals surface area contributed by atoms with Gasteiger partial charge in [-0.25, -0.2) is 0 Å². The number of carbonyl (C=O) groups excluding carboxylic acids is 1. The predicted octanol–water partition coefficient (Wildman–Crippen LogP) is 4.32. The Kier molecular flexibility index (Phi) is 9.92. The lowest BCUT2D eigenvalue weighted by Gasteiger charge is -2.19. The van der Waals surface area contributed by atoms with Crippen LogP contribution in [0.15, 0.2) is 24.3 Å². The number of ether oxygens (including phenoxy) is 1. The summed E-state index contributed by atoms with van der Waals surface area (Å²) < 4.78 is 5.74. The lowest BCUT2D eigenvalue weighted by molar-refractivity contribution is -0.128. The first-order valence-electron chi connectivity index (χ1n) is 8.95. The van der Waals surface area contributed by atoms with E-state index < -0.39 is 0 Å². The summed E-state index contributed by atoms with van der Waals surface area (Å²) in [7, 11) is 0. The molecule has 1 aromatic carbocycles. The number of hydrogen-bond donors (Lipinski definition) is 1. The SMILES string of the molecule is CCCCCCCOc1ccc(NCC(=O)N(CC)CC)cc1. The van der Waals surface area contributed by atoms with Crippen LogP contribution in [0.5, 0.6) is 5.75 Å². The molecule has 1 N–H and O–H groups in total. The average molecular weight is 320 g/mol. The third-order valence-electron chi connectivity index (χ3n) is 3.93. The molecule has 0 unspecified atom stereocenters. The fourth-order valence-corrected chi connectivity index (χ4v) is 2.43. The summed E-state index contributed by atoms with van der Waals surface area (Å²) in [5.74, 6) is 1.02. The number of nitrogens with zero attached hydrogens (tertiary/aromatic N) is 1. The molecular weight excluding hydrogens is 288 g/mol. The lowest BCUT2D eigenvalue weighted by atomic mass is 10.2. The van der Waals surface area contributed by atoms with Gasteiger partial charge in [0.2, 0.25) is 5.91 Å². The Bertz CT molecular complexity index is 428. The Balaban J connectivity index is 2.26. The van der Waals surface area contributed by atoms with Gasteiger partial charge in [-0.3, -0.25) is 4.79 Å². The summed E-state index contributed by atoms with van der Waals surface area (Å²) in [4.78, 5) is 13.8. The molecule has 0 aliphatic rings. The first kappa shape index (κ1) is 19.3. The summed E-state index contributed by atoms with van der Waals surface area (Å²) in [6.45, 7) is 8.83. The first-order chi connectivity index (χ1) is 11.2. The van der Waals surface area contributed by atoms with Crippen LogP contribution in [0.3, 0.4) is 0 Å². The van der Waals surface area contributed by atoms with E-state index in [0.717, 1.165) is 37.6 Å². The molecular formula is C19H32N2O2. The van der Waals surface area contributed by atoms with Crippen molar-refractivity contribution in [2.45, 2.75) is 52.9 Å². The van der Waals surface area contributed by atoms with Gasteiger partial charge in [0.25, 0.3) is 0 Å². The van der Waals surface area contributed by atoms with Crippen LogP contribution in [0.1, 0.15) is 52.9 Å². The Morgan fingerprint density at radius 1 is 1.00 bits per heavy atom. The number of carbonyl (C=O) groups is 1. The van der Waals surface area contributed by atoms with Crippen LogP contribution >= 0.6 is 0 Å². The van der Waals surface area contributed by atoms with Gasteiger partial charge in [-0.15, -0.1) is 0 Å². The highest BCUT2D eigenvalue weighted by atomic mass is 16.5. The molecule has 0 spiro atoms. The van der Waals surface area contributed by atoms with E-state index in [4.69, 9.17) is 4.74 Å². The second-order valence-corrected chi connectivity index (χ2v) is 5.71. The maximum Gasteiger partial charge on any atom is 0.241 e. The highest BCUT2D eigenvalue weighted by Gasteiger charge is 2.08. The van der Waals surface area contributed by atoms with Crippen LogP contribution in [0, 0.1) is 0 Å². The van der Waals surface area contributed by atoms with Gasteiger partial charge in [-0.2, -0.15) is 0 Å². The second-order valence-electron chi connectivity index (χ2n) is 5.71. The van der Waals surface area contributed by atoms with Crippen molar-refractivity contribution in [3.63, 3.8) is 0 Å². The molecule has 1 rings (SSSR count). The topological polar surface area (TPSA) is 41.6 Å². The predicted molar refractivity (Wildman–Crippen MR) is 97.1 cm³/mol. The maximum atomic E-state index is 11.9. The number of hydrogen-bond acceptors (Lipinski definition) is 3. The number of benzene rings is 1. The van der Waals surface area contributed by atoms with Gasteiger partial charge in [0.15, 0.2) is 0 Å². The molecule has 4 heteroatoms. The molecule has 0 heterocycles. The average Bonchev–Trinajstić information content (AvgIpc) is 2.58. The zero-order valence-corrected chi connectivity index (χ0v) is 14.9. The Labute approximate surface area is 141 Å². The van der Waals surface area contributed by atoms with Gasteiger partial charge >= 0.3 is 0 Å². The van der Waals surface area contributed by atoms with Crippen molar-refractivity contribution < 1.29 is 9.53 Å². The summed E-state index contributed by atoms with van der Waals surface area (Å²) in [5.41, 5.74) is 0.945. The number of rotatable bonds is 12. The molecule has 4 nitrogen and oxygen atoms in total. The molecule has 0 bridgehead atoms. The lowest BCUT2D eigenvalue weighted by Crippen LogP contribution is -2.35. The second kappa shape index (κ2) is 11.8. The van der Waals surface area contributed by atoms with E-state index in [1.807, 2.05) is 43.0 Å². The van der Waals surface area contributed by atoms with Crippen molar-refractivity contribution in [1.29, 1.82) is 0 Å². The molecule has 0 saturated heterocycles. The Hall–Kier alpha value is -1.71. The van der Waals surface area contributed by atoms with Crippen LogP contribution in [0.4, 0.5) is 5.69 Å². The van der Waals surface area contributed by atoms with E-state index in [0.29, 0.717) is 6.54 Å². The van der Waals surface area contributed by atoms with Gasteiger partial charge in [-0.05, 0) is 44.5 Å². The minimum absolute atomic E-state index is 0.127. The maximum absolute atomic E-state index is 11.9. The largest absolute Gasteiger partial charge is 0.494 e. The van der Waals surface area contributed by atoms with Crippen LogP contribution in [-0.2, 0) is 4.79 Å². The number of nitrogens with one attached hydrogen (secondary N) is 1. The van der Waals surface area contributed by atoms with Crippen molar-refractivity contribution in [2.75, 3.05) is 31.6 Å². The molecule has 0 aromatic heterocycles. The molecule has 1 amide bonds. The monoisotopic (exact) mass is 320 g/mol. The standard InChI is InChI=1S/C19H32N2O2/c1-4-7-8-9-10-15-23-18-13-11-17(12-14-18)20-16-19(22)21(5-2)6-3/h11-14,20H,4-10,15-16H2,1-3H3.